The zero-order valence-corrected chi connectivity index (χ0v) is 49.2. The molecule has 0 aliphatic carbocycles. The number of carbonyl (C=O) groups excluding carboxylic acids is 1. The lowest BCUT2D eigenvalue weighted by atomic mass is 9.97. The van der Waals surface area contributed by atoms with Crippen LogP contribution in [0, 0.1) is 138 Å². The standard InChI is InChI=1S/C17H18O.C16H18O.C16H18.C14H16.C10H14/c1-11-5-7-15(9-13(11)3)17(18)16-8-6-12(2)14(4)10-16;1-11-5-7-15(9-13(11)3)17-16-8-6-12(2)14(4)10-16;1-11-5-7-15(9-13(11)3)16-8-6-12(2)14(4)10-16;1-9-5-13-7-11(3)12(4)8-14(13)6-10(9)2;1-7-5-9(3)10(4)6-8(7)2/h5-10H,1-4H3;5-10H,1-4H3;5-10H,1-4H3;5-8H,1-4H3;5-6H,1-4H3. The van der Waals surface area contributed by atoms with E-state index in [4.69, 9.17) is 4.74 Å². The number of fused-ring (bicyclic) bond motifs is 1. The number of carbonyl (C=O) groups is 1. The molecular weight excluding hydrogens is 909 g/mol. The van der Waals surface area contributed by atoms with Crippen LogP contribution in [0.5, 0.6) is 11.5 Å². The fourth-order valence-corrected chi connectivity index (χ4v) is 8.37. The summed E-state index contributed by atoms with van der Waals surface area (Å²) >= 11 is 0. The summed E-state index contributed by atoms with van der Waals surface area (Å²) in [6, 6.07) is 51.0. The Morgan fingerprint density at radius 3 is 0.720 bits per heavy atom. The van der Waals surface area contributed by atoms with Gasteiger partial charge in [0.05, 0.1) is 0 Å². The molecule has 0 amide bonds. The van der Waals surface area contributed by atoms with Crippen LogP contribution in [0.3, 0.4) is 0 Å². The molecule has 0 saturated heterocycles. The van der Waals surface area contributed by atoms with Crippen LogP contribution in [0.4, 0.5) is 0 Å². The molecule has 0 saturated carbocycles. The maximum atomic E-state index is 12.4. The first kappa shape index (κ1) is 58.6. The number of hydrogen-bond acceptors (Lipinski definition) is 2. The van der Waals surface area contributed by atoms with Crippen molar-refractivity contribution in [2.45, 2.75) is 138 Å². The third kappa shape index (κ3) is 16.3. The van der Waals surface area contributed by atoms with E-state index in [1.807, 2.05) is 62.4 Å². The molecular formula is C73H84O2. The highest BCUT2D eigenvalue weighted by Crippen LogP contribution is 2.27. The Hall–Kier alpha value is -7.29. The maximum Gasteiger partial charge on any atom is 0.193 e. The molecule has 0 fully saturated rings. The van der Waals surface area contributed by atoms with Crippen molar-refractivity contribution in [3.8, 4) is 22.6 Å². The minimum atomic E-state index is 0.0983. The van der Waals surface area contributed by atoms with Crippen LogP contribution in [0.1, 0.15) is 127 Å². The van der Waals surface area contributed by atoms with E-state index in [1.54, 1.807) is 0 Å². The average Bonchev–Trinajstić information content (AvgIpc) is 3.36. The van der Waals surface area contributed by atoms with E-state index in [2.05, 4.69) is 222 Å². The van der Waals surface area contributed by atoms with Crippen molar-refractivity contribution in [2.24, 2.45) is 0 Å². The molecule has 388 valence electrons. The lowest BCUT2D eigenvalue weighted by molar-refractivity contribution is 0.103. The molecule has 2 heteroatoms. The molecule has 0 radical (unpaired) electrons. The lowest BCUT2D eigenvalue weighted by Crippen LogP contribution is -2.03. The van der Waals surface area contributed by atoms with Crippen LogP contribution in [0.15, 0.2) is 146 Å². The van der Waals surface area contributed by atoms with Crippen molar-refractivity contribution in [2.75, 3.05) is 0 Å². The van der Waals surface area contributed by atoms with Crippen LogP contribution < -0.4 is 4.74 Å². The van der Waals surface area contributed by atoms with Gasteiger partial charge in [0.15, 0.2) is 5.78 Å². The highest BCUT2D eigenvalue weighted by atomic mass is 16.5. The Balaban J connectivity index is 0.000000175. The molecule has 0 spiro atoms. The molecule has 9 aromatic rings. The van der Waals surface area contributed by atoms with Crippen molar-refractivity contribution in [1.29, 1.82) is 0 Å². The number of hydrogen-bond donors (Lipinski definition) is 0. The van der Waals surface area contributed by atoms with Gasteiger partial charge in [-0.2, -0.15) is 0 Å². The largest absolute Gasteiger partial charge is 0.457 e. The zero-order chi connectivity index (χ0) is 55.4. The van der Waals surface area contributed by atoms with E-state index in [1.165, 1.54) is 122 Å². The van der Waals surface area contributed by atoms with Crippen molar-refractivity contribution < 1.29 is 9.53 Å². The summed E-state index contributed by atoms with van der Waals surface area (Å²) in [6.45, 7) is 42.5. The highest BCUT2D eigenvalue weighted by molar-refractivity contribution is 6.09. The second kappa shape index (κ2) is 26.3. The Morgan fingerprint density at radius 2 is 0.453 bits per heavy atom. The van der Waals surface area contributed by atoms with Gasteiger partial charge in [-0.25, -0.2) is 0 Å². The van der Waals surface area contributed by atoms with Gasteiger partial charge in [-0.3, -0.25) is 4.79 Å². The number of rotatable bonds is 5. The first-order chi connectivity index (χ1) is 35.3. The average molecular weight is 993 g/mol. The molecule has 0 aliphatic heterocycles. The second-order valence-corrected chi connectivity index (χ2v) is 21.4. The predicted molar refractivity (Wildman–Crippen MR) is 326 cm³/mol. The fraction of sp³-hybridized carbons (Fsp3) is 0.274. The number of benzene rings is 9. The minimum Gasteiger partial charge on any atom is -0.457 e. The first-order valence-electron chi connectivity index (χ1n) is 26.5. The number of ether oxygens (including phenoxy) is 1. The first-order valence-corrected chi connectivity index (χ1v) is 26.5. The fourth-order valence-electron chi connectivity index (χ4n) is 8.37. The Kier molecular flexibility index (Phi) is 20.5. The third-order valence-corrected chi connectivity index (χ3v) is 15.3. The lowest BCUT2D eigenvalue weighted by Gasteiger charge is -2.09. The summed E-state index contributed by atoms with van der Waals surface area (Å²) < 4.78 is 5.85. The van der Waals surface area contributed by atoms with Gasteiger partial charge in [0.1, 0.15) is 11.5 Å². The Morgan fingerprint density at radius 1 is 0.227 bits per heavy atom. The smallest absolute Gasteiger partial charge is 0.193 e. The summed E-state index contributed by atoms with van der Waals surface area (Å²) in [6.07, 6.45) is 0. The van der Waals surface area contributed by atoms with Gasteiger partial charge in [0.25, 0.3) is 0 Å². The molecule has 0 N–H and O–H groups in total. The number of ketones is 1. The van der Waals surface area contributed by atoms with E-state index >= 15 is 0 Å². The second-order valence-electron chi connectivity index (χ2n) is 21.4. The molecule has 0 aromatic heterocycles. The zero-order valence-electron chi connectivity index (χ0n) is 49.2. The Labute approximate surface area is 452 Å². The van der Waals surface area contributed by atoms with Crippen LogP contribution in [-0.2, 0) is 0 Å². The third-order valence-electron chi connectivity index (χ3n) is 15.3. The van der Waals surface area contributed by atoms with E-state index < -0.39 is 0 Å². The van der Waals surface area contributed by atoms with E-state index in [-0.39, 0.29) is 5.78 Å². The summed E-state index contributed by atoms with van der Waals surface area (Å²) in [4.78, 5) is 12.4. The molecule has 0 bridgehead atoms. The molecule has 2 nitrogen and oxygen atoms in total. The SMILES string of the molecule is Cc1cc(C)c(C)cc1C.Cc1cc2cc(C)c(C)cc2cc1C.Cc1ccc(-c2ccc(C)c(C)c2)cc1C.Cc1ccc(C(=O)c2ccc(C)c(C)c2)cc1C.Cc1ccc(Oc2ccc(C)c(C)c2)cc1C. The van der Waals surface area contributed by atoms with Gasteiger partial charge in [-0.1, -0.05) is 109 Å². The maximum absolute atomic E-state index is 12.4. The van der Waals surface area contributed by atoms with Gasteiger partial charge < -0.3 is 4.74 Å². The van der Waals surface area contributed by atoms with Crippen LogP contribution >= 0.6 is 0 Å². The van der Waals surface area contributed by atoms with Crippen molar-refractivity contribution >= 4 is 16.6 Å². The van der Waals surface area contributed by atoms with Crippen molar-refractivity contribution in [3.05, 3.63) is 268 Å². The van der Waals surface area contributed by atoms with Gasteiger partial charge in [0.2, 0.25) is 0 Å². The quantitative estimate of drug-likeness (QED) is 0.161. The monoisotopic (exact) mass is 993 g/mol. The van der Waals surface area contributed by atoms with E-state index in [0.29, 0.717) is 0 Å². The molecule has 0 atom stereocenters. The summed E-state index contributed by atoms with van der Waals surface area (Å²) in [7, 11) is 0. The van der Waals surface area contributed by atoms with E-state index in [9.17, 15) is 4.79 Å². The van der Waals surface area contributed by atoms with Gasteiger partial charge in [0, 0.05) is 11.1 Å². The van der Waals surface area contributed by atoms with E-state index in [0.717, 1.165) is 33.8 Å². The van der Waals surface area contributed by atoms with Gasteiger partial charge in [-0.15, -0.1) is 0 Å². The van der Waals surface area contributed by atoms with Crippen LogP contribution in [0.2, 0.25) is 0 Å². The Bertz CT molecular complexity index is 3180. The number of aryl methyl sites for hydroxylation is 20. The predicted octanol–water partition coefficient (Wildman–Crippen LogP) is 20.4. The topological polar surface area (TPSA) is 26.3 Å². The minimum absolute atomic E-state index is 0.0983. The van der Waals surface area contributed by atoms with Crippen molar-refractivity contribution in [3.63, 3.8) is 0 Å². The molecule has 75 heavy (non-hydrogen) atoms. The van der Waals surface area contributed by atoms with Gasteiger partial charge >= 0.3 is 0 Å². The molecule has 9 rings (SSSR count). The normalized spacial score (nSPS) is 10.5. The highest BCUT2D eigenvalue weighted by Gasteiger charge is 2.11. The van der Waals surface area contributed by atoms with Crippen molar-refractivity contribution in [1.82, 2.24) is 0 Å². The van der Waals surface area contributed by atoms with Gasteiger partial charge in [-0.05, 0) is 308 Å². The molecule has 0 unspecified atom stereocenters. The molecule has 0 aliphatic rings. The summed E-state index contributed by atoms with van der Waals surface area (Å²) in [5.74, 6) is 1.90. The van der Waals surface area contributed by atoms with Crippen LogP contribution in [-0.4, -0.2) is 5.78 Å². The molecule has 9 aromatic carbocycles. The summed E-state index contributed by atoms with van der Waals surface area (Å²) in [5, 5.41) is 2.72. The summed E-state index contributed by atoms with van der Waals surface area (Å²) in [5.41, 5.74) is 30.5. The van der Waals surface area contributed by atoms with Crippen LogP contribution in [0.25, 0.3) is 21.9 Å². The molecule has 0 heterocycles.